The third-order valence-electron chi connectivity index (χ3n) is 3.09. The molecule has 0 atom stereocenters. The zero-order valence-electron chi connectivity index (χ0n) is 12.0. The van der Waals surface area contributed by atoms with Gasteiger partial charge in [0.1, 0.15) is 0 Å². The Morgan fingerprint density at radius 2 is 1.75 bits per heavy atom. The topological polar surface area (TPSA) is 51.8 Å². The van der Waals surface area contributed by atoms with E-state index in [1.165, 1.54) is 12.8 Å². The maximum absolute atomic E-state index is 5.32. The molecule has 0 amide bonds. The maximum Gasteiger partial charge on any atom is 0.203 e. The summed E-state index contributed by atoms with van der Waals surface area (Å²) < 4.78 is 15.9. The summed E-state index contributed by atoms with van der Waals surface area (Å²) in [6.07, 6.45) is 2.40. The molecule has 1 aromatic carbocycles. The molecular formula is C14H20N2O3S. The van der Waals surface area contributed by atoms with Crippen molar-refractivity contribution in [3.8, 4) is 17.2 Å². The van der Waals surface area contributed by atoms with Crippen LogP contribution in [-0.4, -0.2) is 32.5 Å². The Morgan fingerprint density at radius 3 is 2.20 bits per heavy atom. The van der Waals surface area contributed by atoms with Crippen LogP contribution < -0.4 is 24.8 Å². The Morgan fingerprint density at radius 1 is 1.15 bits per heavy atom. The number of rotatable bonds is 6. The van der Waals surface area contributed by atoms with Gasteiger partial charge >= 0.3 is 0 Å². The number of methoxy groups -OCH3 is 3. The lowest BCUT2D eigenvalue weighted by Crippen LogP contribution is -2.36. The van der Waals surface area contributed by atoms with E-state index in [9.17, 15) is 0 Å². The molecule has 0 unspecified atom stereocenters. The minimum atomic E-state index is 0.551. The van der Waals surface area contributed by atoms with E-state index in [2.05, 4.69) is 10.6 Å². The fourth-order valence-corrected chi connectivity index (χ4v) is 2.12. The minimum Gasteiger partial charge on any atom is -0.493 e. The summed E-state index contributed by atoms with van der Waals surface area (Å²) in [4.78, 5) is 0. The van der Waals surface area contributed by atoms with E-state index in [-0.39, 0.29) is 0 Å². The number of nitrogens with one attached hydrogen (secondary N) is 2. The van der Waals surface area contributed by atoms with Crippen LogP contribution in [0.1, 0.15) is 18.4 Å². The van der Waals surface area contributed by atoms with Gasteiger partial charge in [-0.15, -0.1) is 0 Å². The molecule has 0 spiro atoms. The number of thiocarbonyl (C=S) groups is 1. The van der Waals surface area contributed by atoms with Crippen molar-refractivity contribution in [3.63, 3.8) is 0 Å². The van der Waals surface area contributed by atoms with E-state index in [1.807, 2.05) is 12.1 Å². The van der Waals surface area contributed by atoms with Crippen LogP contribution in [0, 0.1) is 0 Å². The molecule has 2 N–H and O–H groups in total. The van der Waals surface area contributed by atoms with Gasteiger partial charge in [-0.3, -0.25) is 0 Å². The standard InChI is InChI=1S/C14H20N2O3S/c1-17-11-6-9(7-12(18-2)13(11)19-3)8-15-14(20)16-10-4-5-10/h6-7,10H,4-5,8H2,1-3H3,(H2,15,16,20). The van der Waals surface area contributed by atoms with Crippen molar-refractivity contribution < 1.29 is 14.2 Å². The maximum atomic E-state index is 5.32. The summed E-state index contributed by atoms with van der Waals surface area (Å²) in [6, 6.07) is 4.37. The number of hydrogen-bond donors (Lipinski definition) is 2. The highest BCUT2D eigenvalue weighted by Gasteiger charge is 2.21. The molecule has 1 aliphatic carbocycles. The van der Waals surface area contributed by atoms with E-state index in [0.29, 0.717) is 34.9 Å². The SMILES string of the molecule is COc1cc(CNC(=S)NC2CC2)cc(OC)c1OC. The molecule has 0 heterocycles. The summed E-state index contributed by atoms with van der Waals surface area (Å²) in [5.74, 6) is 1.88. The van der Waals surface area contributed by atoms with Gasteiger partial charge in [0.15, 0.2) is 16.6 Å². The number of hydrogen-bond acceptors (Lipinski definition) is 4. The first-order chi connectivity index (χ1) is 9.67. The normalized spacial score (nSPS) is 13.6. The van der Waals surface area contributed by atoms with Crippen LogP contribution in [0.15, 0.2) is 12.1 Å². The van der Waals surface area contributed by atoms with Crippen LogP contribution in [0.25, 0.3) is 0 Å². The van der Waals surface area contributed by atoms with Crippen molar-refractivity contribution in [1.29, 1.82) is 0 Å². The Labute approximate surface area is 124 Å². The second kappa shape index (κ2) is 6.65. The first-order valence-electron chi connectivity index (χ1n) is 6.51. The molecule has 0 aromatic heterocycles. The molecule has 20 heavy (non-hydrogen) atoms. The molecule has 6 heteroatoms. The highest BCUT2D eigenvalue weighted by molar-refractivity contribution is 7.80. The zero-order chi connectivity index (χ0) is 14.5. The van der Waals surface area contributed by atoms with Crippen LogP contribution in [0.3, 0.4) is 0 Å². The van der Waals surface area contributed by atoms with Crippen molar-refractivity contribution >= 4 is 17.3 Å². The minimum absolute atomic E-state index is 0.551. The lowest BCUT2D eigenvalue weighted by molar-refractivity contribution is 0.323. The fourth-order valence-electron chi connectivity index (χ4n) is 1.88. The van der Waals surface area contributed by atoms with Crippen LogP contribution in [0.4, 0.5) is 0 Å². The van der Waals surface area contributed by atoms with Crippen molar-refractivity contribution in [2.24, 2.45) is 0 Å². The molecule has 0 bridgehead atoms. The molecule has 0 saturated heterocycles. The third-order valence-corrected chi connectivity index (χ3v) is 3.35. The average Bonchev–Trinajstić information content (AvgIpc) is 3.27. The fraction of sp³-hybridized carbons (Fsp3) is 0.500. The van der Waals surface area contributed by atoms with Gasteiger partial charge in [-0.25, -0.2) is 0 Å². The molecule has 1 fully saturated rings. The first-order valence-corrected chi connectivity index (χ1v) is 6.92. The van der Waals surface area contributed by atoms with Crippen molar-refractivity contribution in [2.45, 2.75) is 25.4 Å². The monoisotopic (exact) mass is 296 g/mol. The van der Waals surface area contributed by atoms with Gasteiger partial charge in [-0.1, -0.05) is 0 Å². The second-order valence-electron chi connectivity index (χ2n) is 4.63. The molecule has 0 aliphatic heterocycles. The van der Waals surface area contributed by atoms with Gasteiger partial charge in [0.25, 0.3) is 0 Å². The van der Waals surface area contributed by atoms with Gasteiger partial charge in [-0.05, 0) is 42.8 Å². The van der Waals surface area contributed by atoms with Gasteiger partial charge in [0.05, 0.1) is 21.3 Å². The Bertz CT molecular complexity index is 464. The lowest BCUT2D eigenvalue weighted by atomic mass is 10.2. The van der Waals surface area contributed by atoms with E-state index in [4.69, 9.17) is 26.4 Å². The van der Waals surface area contributed by atoms with Crippen LogP contribution in [0.2, 0.25) is 0 Å². The molecule has 2 rings (SSSR count). The average molecular weight is 296 g/mol. The summed E-state index contributed by atoms with van der Waals surface area (Å²) in [7, 11) is 4.80. The summed E-state index contributed by atoms with van der Waals surface area (Å²) in [5.41, 5.74) is 1.01. The quantitative estimate of drug-likeness (QED) is 0.781. The summed E-state index contributed by atoms with van der Waals surface area (Å²) in [6.45, 7) is 0.606. The van der Waals surface area contributed by atoms with Gasteiger partial charge in [0, 0.05) is 12.6 Å². The van der Waals surface area contributed by atoms with Crippen LogP contribution in [0.5, 0.6) is 17.2 Å². The van der Waals surface area contributed by atoms with Gasteiger partial charge < -0.3 is 24.8 Å². The Kier molecular flexibility index (Phi) is 4.89. The Balaban J connectivity index is 2.04. The number of benzene rings is 1. The van der Waals surface area contributed by atoms with Crippen molar-refractivity contribution in [2.75, 3.05) is 21.3 Å². The van der Waals surface area contributed by atoms with Gasteiger partial charge in [0.2, 0.25) is 5.75 Å². The third kappa shape index (κ3) is 3.66. The van der Waals surface area contributed by atoms with Crippen LogP contribution >= 0.6 is 12.2 Å². The summed E-state index contributed by atoms with van der Waals surface area (Å²) >= 11 is 5.23. The smallest absolute Gasteiger partial charge is 0.203 e. The predicted molar refractivity (Wildman–Crippen MR) is 81.7 cm³/mol. The van der Waals surface area contributed by atoms with Gasteiger partial charge in [-0.2, -0.15) is 0 Å². The second-order valence-corrected chi connectivity index (χ2v) is 5.04. The zero-order valence-corrected chi connectivity index (χ0v) is 12.8. The first kappa shape index (κ1) is 14.7. The molecule has 0 radical (unpaired) electrons. The molecule has 1 aromatic rings. The van der Waals surface area contributed by atoms with Crippen molar-refractivity contribution in [1.82, 2.24) is 10.6 Å². The molecule has 5 nitrogen and oxygen atoms in total. The summed E-state index contributed by atoms with van der Waals surface area (Å²) in [5, 5.41) is 7.10. The van der Waals surface area contributed by atoms with E-state index < -0.39 is 0 Å². The van der Waals surface area contributed by atoms with E-state index >= 15 is 0 Å². The van der Waals surface area contributed by atoms with E-state index in [0.717, 1.165) is 5.56 Å². The van der Waals surface area contributed by atoms with E-state index in [1.54, 1.807) is 21.3 Å². The highest BCUT2D eigenvalue weighted by Crippen LogP contribution is 2.38. The largest absolute Gasteiger partial charge is 0.493 e. The number of ether oxygens (including phenoxy) is 3. The van der Waals surface area contributed by atoms with Crippen LogP contribution in [-0.2, 0) is 6.54 Å². The van der Waals surface area contributed by atoms with Crippen molar-refractivity contribution in [3.05, 3.63) is 17.7 Å². The highest BCUT2D eigenvalue weighted by atomic mass is 32.1. The lowest BCUT2D eigenvalue weighted by Gasteiger charge is -2.15. The molecule has 1 aliphatic rings. The molecule has 1 saturated carbocycles. The molecule has 110 valence electrons. The molecular weight excluding hydrogens is 276 g/mol. The predicted octanol–water partition coefficient (Wildman–Crippen LogP) is 1.84. The Hall–Kier alpha value is -1.69.